The topological polar surface area (TPSA) is 36.9 Å². The van der Waals surface area contributed by atoms with Crippen LogP contribution in [0, 0.1) is 23.7 Å². The van der Waals surface area contributed by atoms with Gasteiger partial charge in [-0.1, -0.05) is 0 Å². The summed E-state index contributed by atoms with van der Waals surface area (Å²) in [6.07, 6.45) is 51.2. The minimum absolute atomic E-state index is 0.0524. The van der Waals surface area contributed by atoms with Crippen molar-refractivity contribution in [3.63, 3.8) is 0 Å². The van der Waals surface area contributed by atoms with Gasteiger partial charge in [-0.2, -0.15) is 0 Å². The summed E-state index contributed by atoms with van der Waals surface area (Å²) in [5, 5.41) is 18.1. The molecule has 10 aliphatic rings. The van der Waals surface area contributed by atoms with E-state index in [2.05, 4.69) is 384 Å². The molecule has 610 valence electrons. The molecule has 2 saturated heterocycles. The fourth-order valence-corrected chi connectivity index (χ4v) is 153. The molecule has 2 fully saturated rings. The molecule has 4 nitrogen and oxygen atoms in total. The Morgan fingerprint density at radius 3 is 0.577 bits per heavy atom. The van der Waals surface area contributed by atoms with Gasteiger partial charge in [0.25, 0.3) is 0 Å². The van der Waals surface area contributed by atoms with Gasteiger partial charge in [-0.3, -0.25) is 0 Å². The van der Waals surface area contributed by atoms with E-state index in [0.717, 1.165) is 66.1 Å². The second-order valence-corrected chi connectivity index (χ2v) is 77.6. The monoisotopic (exact) mass is 1750 g/mol. The van der Waals surface area contributed by atoms with Crippen molar-refractivity contribution in [3.05, 3.63) is 405 Å². The van der Waals surface area contributed by atoms with Gasteiger partial charge in [0.1, 0.15) is 0 Å². The molecule has 8 atom stereocenters. The van der Waals surface area contributed by atoms with E-state index in [1.54, 1.807) is 0 Å². The molecule has 22 rings (SSSR count). The van der Waals surface area contributed by atoms with Gasteiger partial charge in [0, 0.05) is 0 Å². The van der Waals surface area contributed by atoms with Gasteiger partial charge < -0.3 is 0 Å². The Morgan fingerprint density at radius 2 is 0.423 bits per heavy atom. The molecular formula is C114H104Cl2O4Si2Zr. The van der Waals surface area contributed by atoms with E-state index in [4.69, 9.17) is 18.9 Å². The van der Waals surface area contributed by atoms with Crippen LogP contribution in [0.2, 0.25) is 24.1 Å². The first-order valence-corrected chi connectivity index (χ1v) is 60.5. The summed E-state index contributed by atoms with van der Waals surface area (Å²) in [6.45, 7) is 26.0. The summed E-state index contributed by atoms with van der Waals surface area (Å²) < 4.78 is 22.6. The van der Waals surface area contributed by atoms with Gasteiger partial charge in [0.15, 0.2) is 0 Å². The average Bonchev–Trinajstić information content (AvgIpc) is 1.48. The third kappa shape index (κ3) is 8.84. The van der Waals surface area contributed by atoms with Gasteiger partial charge >= 0.3 is 738 Å². The molecule has 12 aromatic carbocycles. The van der Waals surface area contributed by atoms with Crippen molar-refractivity contribution < 1.29 is 33.9 Å². The van der Waals surface area contributed by atoms with E-state index >= 15 is 0 Å². The van der Waals surface area contributed by atoms with Crippen LogP contribution in [0.1, 0.15) is 101 Å². The molecule has 0 bridgehead atoms. The minimum atomic E-state index is -8.55. The van der Waals surface area contributed by atoms with Gasteiger partial charge in [0.05, 0.1) is 0 Å². The fourth-order valence-electron chi connectivity index (χ4n) is 29.6. The molecule has 0 amide bonds. The number of methoxy groups -OCH3 is 4. The normalized spacial score (nSPS) is 27.1. The van der Waals surface area contributed by atoms with Crippen LogP contribution in [-0.2, 0) is 14.9 Å². The maximum absolute atomic E-state index is 12.6. The van der Waals surface area contributed by atoms with Crippen LogP contribution in [0.4, 0.5) is 0 Å². The zero-order chi connectivity index (χ0) is 84.6. The molecule has 8 aliphatic carbocycles. The SMILES string of the molecule is COc1c2ccccc2c(C2C=CC=CC3=C2C=C(C(C)C)[C]32[SiH](C)[C]3(C(C(C)C)=CC4=C3C=CC=CC4c3c4ccccc4c(OC)c4ccccc34)[Zr]23([Cl])([Cl])[C]2(C(C(C)C)=CC4=C2C=CC=CC4c2c4ccccc4c(OC)c4ccccc24)[SiH](C)[C]32C(C(C)C)=CC3=C2C=CC=CC3c2c3ccccc3c(OC)c3ccccc23)c2ccccc12. The molecule has 2 heterocycles. The summed E-state index contributed by atoms with van der Waals surface area (Å²) in [4.78, 5) is 0. The number of rotatable bonds is 12. The van der Waals surface area contributed by atoms with Crippen LogP contribution >= 0.6 is 17.0 Å². The van der Waals surface area contributed by atoms with Crippen molar-refractivity contribution in [2.24, 2.45) is 23.7 Å². The van der Waals surface area contributed by atoms with Crippen LogP contribution in [0.5, 0.6) is 23.0 Å². The van der Waals surface area contributed by atoms with E-state index < -0.39 is 43.5 Å². The summed E-state index contributed by atoms with van der Waals surface area (Å²) >= 11 is -8.55. The number of halogens is 2. The van der Waals surface area contributed by atoms with Crippen LogP contribution in [0.3, 0.4) is 0 Å². The Kier molecular flexibility index (Phi) is 17.6. The summed E-state index contributed by atoms with van der Waals surface area (Å²) in [7, 11) is 26.5. The molecule has 9 heteroatoms. The van der Waals surface area contributed by atoms with Gasteiger partial charge in [0.2, 0.25) is 0 Å². The van der Waals surface area contributed by atoms with Crippen molar-refractivity contribution in [2.45, 2.75) is 103 Å². The Labute approximate surface area is 731 Å². The number of allylic oxidation sites excluding steroid dienone is 32. The second-order valence-electron chi connectivity index (χ2n) is 37.8. The predicted octanol–water partition coefficient (Wildman–Crippen LogP) is 30.5. The molecule has 0 N–H and O–H groups in total. The van der Waals surface area contributed by atoms with Crippen molar-refractivity contribution in [2.75, 3.05) is 28.4 Å². The first-order chi connectivity index (χ1) is 59.7. The summed E-state index contributed by atoms with van der Waals surface area (Å²) in [5.41, 5.74) is 21.3. The van der Waals surface area contributed by atoms with E-state index in [-0.39, 0.29) is 47.3 Å². The molecule has 12 aromatic rings. The van der Waals surface area contributed by atoms with Gasteiger partial charge in [-0.15, -0.1) is 0 Å². The van der Waals surface area contributed by atoms with Gasteiger partial charge in [-0.05, 0) is 0 Å². The van der Waals surface area contributed by atoms with Crippen molar-refractivity contribution in [1.29, 1.82) is 0 Å². The fraction of sp³-hybridized carbons (Fsp3) is 0.228. The van der Waals surface area contributed by atoms with E-state index in [1.165, 1.54) is 132 Å². The number of fused-ring (bicyclic) bond motifs is 16. The molecule has 0 saturated carbocycles. The van der Waals surface area contributed by atoms with Crippen molar-refractivity contribution in [3.8, 4) is 23.0 Å². The third-order valence-corrected chi connectivity index (χ3v) is 116. The zero-order valence-electron chi connectivity index (χ0n) is 72.7. The molecule has 0 radical (unpaired) electrons. The summed E-state index contributed by atoms with van der Waals surface area (Å²) in [6, 6.07) is 72.3. The second kappa shape index (κ2) is 27.6. The predicted molar refractivity (Wildman–Crippen MR) is 524 cm³/mol. The quantitative estimate of drug-likeness (QED) is 0.0902. The van der Waals surface area contributed by atoms with E-state index in [1.807, 2.05) is 28.4 Å². The van der Waals surface area contributed by atoms with Gasteiger partial charge in [-0.25, -0.2) is 0 Å². The number of hydrogen-bond donors (Lipinski definition) is 0. The van der Waals surface area contributed by atoms with Crippen LogP contribution < -0.4 is 18.9 Å². The molecule has 5 spiro atoms. The zero-order valence-corrected chi connectivity index (χ0v) is 79.0. The van der Waals surface area contributed by atoms with Crippen molar-refractivity contribution >= 4 is 121 Å². The van der Waals surface area contributed by atoms with Crippen molar-refractivity contribution in [1.82, 2.24) is 0 Å². The molecule has 2 aliphatic heterocycles. The standard InChI is InChI=1S/2C57H52O2Si.2ClH.Zr/c2*1-34(2)48-32-50-40(52-36-20-8-14-26-42(36)54(58-5)43-27-15-9-21-37(43)52)24-12-18-30-46(50)56(48)60(7)57-47-31-19-13-25-41(51(47)33-49(57)35(3)4)53-38-22-10-16-28-44(38)55(59-6)45-29-17-11-23-39(45)53;;;/h2*8-35,40-41,60H,1-7H3;2*1H;/q;;;;+2/p-2. The Balaban J connectivity index is 0.990. The summed E-state index contributed by atoms with van der Waals surface area (Å²) in [5.74, 6) is 2.27. The number of benzene rings is 12. The number of hydrogen-bond acceptors (Lipinski definition) is 4. The first-order valence-electron chi connectivity index (χ1n) is 44.6. The Hall–Kier alpha value is -10.3. The van der Waals surface area contributed by atoms with Crippen LogP contribution in [0.15, 0.2) is 383 Å². The molecule has 0 aromatic heterocycles. The molecular weight excluding hydrogens is 1650 g/mol. The Morgan fingerprint density at radius 1 is 0.260 bits per heavy atom. The third-order valence-electron chi connectivity index (χ3n) is 32.5. The molecule has 8 unspecified atom stereocenters. The van der Waals surface area contributed by atoms with Crippen LogP contribution in [-0.4, -0.2) is 46.0 Å². The van der Waals surface area contributed by atoms with Crippen LogP contribution in [0.25, 0.3) is 86.2 Å². The number of ether oxygens (including phenoxy) is 4. The average molecular weight is 1760 g/mol. The maximum atomic E-state index is 12.6. The van der Waals surface area contributed by atoms with E-state index in [0.29, 0.717) is 0 Å². The molecule has 123 heavy (non-hydrogen) atoms. The first kappa shape index (κ1) is 78.6. The Bertz CT molecular complexity index is 6280. The van der Waals surface area contributed by atoms with E-state index in [9.17, 15) is 17.0 Å².